The summed E-state index contributed by atoms with van der Waals surface area (Å²) in [4.78, 5) is 4.26. The van der Waals surface area contributed by atoms with E-state index in [9.17, 15) is 0 Å². The minimum absolute atomic E-state index is 0. The Bertz CT molecular complexity index is 891. The molecular formula is C21H26IN3O3. The van der Waals surface area contributed by atoms with Gasteiger partial charge in [-0.15, -0.1) is 24.0 Å². The number of furan rings is 1. The molecule has 28 heavy (non-hydrogen) atoms. The first-order chi connectivity index (χ1) is 13.2. The van der Waals surface area contributed by atoms with Crippen LogP contribution in [0.1, 0.15) is 11.3 Å². The van der Waals surface area contributed by atoms with Crippen LogP contribution >= 0.6 is 24.0 Å². The van der Waals surface area contributed by atoms with Crippen molar-refractivity contribution >= 4 is 40.9 Å². The molecule has 0 amide bonds. The highest BCUT2D eigenvalue weighted by Crippen LogP contribution is 2.27. The van der Waals surface area contributed by atoms with E-state index in [-0.39, 0.29) is 24.0 Å². The Morgan fingerprint density at radius 3 is 2.50 bits per heavy atom. The molecule has 3 rings (SSSR count). The van der Waals surface area contributed by atoms with Crippen molar-refractivity contribution in [2.45, 2.75) is 13.0 Å². The molecule has 0 unspecified atom stereocenters. The van der Waals surface area contributed by atoms with Crippen molar-refractivity contribution in [2.75, 3.05) is 27.8 Å². The van der Waals surface area contributed by atoms with Crippen LogP contribution in [0.3, 0.4) is 0 Å². The number of methoxy groups -OCH3 is 2. The number of rotatable bonds is 7. The maximum absolute atomic E-state index is 5.83. The van der Waals surface area contributed by atoms with Gasteiger partial charge in [-0.3, -0.25) is 4.99 Å². The van der Waals surface area contributed by atoms with Crippen molar-refractivity contribution in [2.24, 2.45) is 4.99 Å². The van der Waals surface area contributed by atoms with E-state index in [1.165, 1.54) is 0 Å². The fourth-order valence-electron chi connectivity index (χ4n) is 2.86. The smallest absolute Gasteiger partial charge is 0.191 e. The van der Waals surface area contributed by atoms with Gasteiger partial charge >= 0.3 is 0 Å². The Balaban J connectivity index is 0.00000280. The van der Waals surface area contributed by atoms with Crippen LogP contribution in [0.5, 0.6) is 11.5 Å². The van der Waals surface area contributed by atoms with Gasteiger partial charge in [0.1, 0.15) is 11.3 Å². The summed E-state index contributed by atoms with van der Waals surface area (Å²) >= 11 is 0. The Hall–Kier alpha value is -2.42. The number of para-hydroxylation sites is 1. The van der Waals surface area contributed by atoms with E-state index in [4.69, 9.17) is 13.9 Å². The summed E-state index contributed by atoms with van der Waals surface area (Å²) in [6.45, 7) is 1.36. The molecule has 0 bridgehead atoms. The van der Waals surface area contributed by atoms with E-state index in [1.807, 2.05) is 36.4 Å². The number of nitrogens with one attached hydrogen (secondary N) is 2. The molecule has 0 radical (unpaired) electrons. The minimum Gasteiger partial charge on any atom is -0.493 e. The molecule has 2 N–H and O–H groups in total. The SMILES string of the molecule is CN=C(NCCc1cc2ccccc2o1)NCc1ccc(OC)c(OC)c1.I. The van der Waals surface area contributed by atoms with Gasteiger partial charge in [-0.2, -0.15) is 0 Å². The van der Waals surface area contributed by atoms with Crippen LogP contribution < -0.4 is 20.1 Å². The van der Waals surface area contributed by atoms with Crippen molar-refractivity contribution in [3.8, 4) is 11.5 Å². The van der Waals surface area contributed by atoms with Gasteiger partial charge in [0.15, 0.2) is 17.5 Å². The zero-order chi connectivity index (χ0) is 19.1. The third kappa shape index (κ3) is 5.54. The number of ether oxygens (including phenoxy) is 2. The maximum atomic E-state index is 5.83. The summed E-state index contributed by atoms with van der Waals surface area (Å²) in [5.74, 6) is 3.12. The average Bonchev–Trinajstić information content (AvgIpc) is 3.13. The van der Waals surface area contributed by atoms with Gasteiger partial charge in [-0.05, 0) is 29.8 Å². The highest BCUT2D eigenvalue weighted by Gasteiger charge is 2.06. The number of hydrogen-bond donors (Lipinski definition) is 2. The lowest BCUT2D eigenvalue weighted by Crippen LogP contribution is -2.37. The molecule has 2 aromatic carbocycles. The zero-order valence-electron chi connectivity index (χ0n) is 16.3. The molecule has 0 aliphatic heterocycles. The Labute approximate surface area is 182 Å². The van der Waals surface area contributed by atoms with Crippen molar-refractivity contribution in [3.05, 3.63) is 59.9 Å². The summed E-state index contributed by atoms with van der Waals surface area (Å²) in [5, 5.41) is 7.73. The van der Waals surface area contributed by atoms with E-state index in [0.717, 1.165) is 47.0 Å². The number of nitrogens with zero attached hydrogens (tertiary/aromatic N) is 1. The lowest BCUT2D eigenvalue weighted by atomic mass is 10.2. The molecule has 0 saturated carbocycles. The summed E-state index contributed by atoms with van der Waals surface area (Å²) in [6, 6.07) is 16.0. The van der Waals surface area contributed by atoms with Crippen LogP contribution in [0, 0.1) is 0 Å². The molecule has 0 fully saturated rings. The first-order valence-corrected chi connectivity index (χ1v) is 8.86. The van der Waals surface area contributed by atoms with Crippen LogP contribution in [0.15, 0.2) is 57.9 Å². The van der Waals surface area contributed by atoms with E-state index < -0.39 is 0 Å². The second-order valence-electron chi connectivity index (χ2n) is 6.04. The lowest BCUT2D eigenvalue weighted by molar-refractivity contribution is 0.354. The lowest BCUT2D eigenvalue weighted by Gasteiger charge is -2.13. The predicted octanol–water partition coefficient (Wildman–Crippen LogP) is 3.98. The van der Waals surface area contributed by atoms with Crippen LogP contribution in [-0.2, 0) is 13.0 Å². The fourth-order valence-corrected chi connectivity index (χ4v) is 2.86. The summed E-state index contributed by atoms with van der Waals surface area (Å²) in [6.07, 6.45) is 0.783. The van der Waals surface area contributed by atoms with Crippen molar-refractivity contribution in [1.29, 1.82) is 0 Å². The molecule has 0 saturated heterocycles. The molecule has 0 aliphatic carbocycles. The fraction of sp³-hybridized carbons (Fsp3) is 0.286. The number of fused-ring (bicyclic) bond motifs is 1. The number of benzene rings is 2. The number of halogens is 1. The molecule has 6 nitrogen and oxygen atoms in total. The molecular weight excluding hydrogens is 469 g/mol. The standard InChI is InChI=1S/C21H25N3O3.HI/c1-22-21(24-14-15-8-9-19(25-2)20(12-15)26-3)23-11-10-17-13-16-6-4-5-7-18(16)27-17;/h4-9,12-13H,10-11,14H2,1-3H3,(H2,22,23,24);1H. The highest BCUT2D eigenvalue weighted by molar-refractivity contribution is 14.0. The van der Waals surface area contributed by atoms with E-state index in [2.05, 4.69) is 27.8 Å². The topological polar surface area (TPSA) is 68.0 Å². The number of hydrogen-bond acceptors (Lipinski definition) is 4. The normalized spacial score (nSPS) is 11.0. The van der Waals surface area contributed by atoms with Crippen molar-refractivity contribution in [1.82, 2.24) is 10.6 Å². The van der Waals surface area contributed by atoms with Gasteiger partial charge in [0.05, 0.1) is 14.2 Å². The second-order valence-corrected chi connectivity index (χ2v) is 6.04. The molecule has 7 heteroatoms. The van der Waals surface area contributed by atoms with Crippen molar-refractivity contribution < 1.29 is 13.9 Å². The predicted molar refractivity (Wildman–Crippen MR) is 123 cm³/mol. The molecule has 0 aliphatic rings. The quantitative estimate of drug-likeness (QED) is 0.295. The average molecular weight is 495 g/mol. The molecule has 0 atom stereocenters. The Morgan fingerprint density at radius 1 is 1.00 bits per heavy atom. The van der Waals surface area contributed by atoms with Crippen LogP contribution in [0.4, 0.5) is 0 Å². The van der Waals surface area contributed by atoms with Gasteiger partial charge in [-0.1, -0.05) is 24.3 Å². The van der Waals surface area contributed by atoms with E-state index >= 15 is 0 Å². The summed E-state index contributed by atoms with van der Waals surface area (Å²) in [5.41, 5.74) is 2.00. The highest BCUT2D eigenvalue weighted by atomic mass is 127. The van der Waals surface area contributed by atoms with Gasteiger partial charge in [0, 0.05) is 31.9 Å². The second kappa shape index (κ2) is 10.8. The van der Waals surface area contributed by atoms with E-state index in [1.54, 1.807) is 21.3 Å². The summed E-state index contributed by atoms with van der Waals surface area (Å²) < 4.78 is 16.4. The maximum Gasteiger partial charge on any atom is 0.191 e. The first kappa shape index (κ1) is 21.9. The zero-order valence-corrected chi connectivity index (χ0v) is 18.7. The van der Waals surface area contributed by atoms with Crippen LogP contribution in [0.2, 0.25) is 0 Å². The van der Waals surface area contributed by atoms with Crippen molar-refractivity contribution in [3.63, 3.8) is 0 Å². The van der Waals surface area contributed by atoms with Gasteiger partial charge < -0.3 is 24.5 Å². The third-order valence-corrected chi connectivity index (χ3v) is 4.27. The van der Waals surface area contributed by atoms with Gasteiger partial charge in [-0.25, -0.2) is 0 Å². The third-order valence-electron chi connectivity index (χ3n) is 4.27. The monoisotopic (exact) mass is 495 g/mol. The Morgan fingerprint density at radius 2 is 1.79 bits per heavy atom. The molecule has 1 aromatic heterocycles. The number of guanidine groups is 1. The van der Waals surface area contributed by atoms with Crippen LogP contribution in [0.25, 0.3) is 11.0 Å². The Kier molecular flexibility index (Phi) is 8.43. The molecule has 3 aromatic rings. The first-order valence-electron chi connectivity index (χ1n) is 8.86. The largest absolute Gasteiger partial charge is 0.493 e. The minimum atomic E-state index is 0. The van der Waals surface area contributed by atoms with Gasteiger partial charge in [0.2, 0.25) is 0 Å². The molecule has 0 spiro atoms. The van der Waals surface area contributed by atoms with Gasteiger partial charge in [0.25, 0.3) is 0 Å². The van der Waals surface area contributed by atoms with Crippen LogP contribution in [-0.4, -0.2) is 33.8 Å². The summed E-state index contributed by atoms with van der Waals surface area (Å²) in [7, 11) is 5.02. The van der Waals surface area contributed by atoms with E-state index in [0.29, 0.717) is 12.3 Å². The molecule has 150 valence electrons. The molecule has 1 heterocycles. The number of aliphatic imine (C=N–C) groups is 1.